The summed E-state index contributed by atoms with van der Waals surface area (Å²) in [4.78, 5) is 27.8. The lowest BCUT2D eigenvalue weighted by atomic mass is 9.97. The quantitative estimate of drug-likeness (QED) is 0.559. The molecular weight excluding hydrogens is 358 g/mol. The number of aromatic nitrogens is 1. The number of carbonyl (C=O) groups excluding carboxylic acids is 2. The third kappa shape index (κ3) is 5.74. The van der Waals surface area contributed by atoms with E-state index in [4.69, 9.17) is 25.8 Å². The van der Waals surface area contributed by atoms with Crippen molar-refractivity contribution in [3.8, 4) is 11.5 Å². The molecule has 1 unspecified atom stereocenters. The van der Waals surface area contributed by atoms with Crippen LogP contribution in [0.1, 0.15) is 38.2 Å². The predicted octanol–water partition coefficient (Wildman–Crippen LogP) is 4.62. The highest BCUT2D eigenvalue weighted by Crippen LogP contribution is 2.23. The van der Waals surface area contributed by atoms with Crippen LogP contribution in [0.4, 0.5) is 0 Å². The highest BCUT2D eigenvalue weighted by Gasteiger charge is 2.26. The van der Waals surface area contributed by atoms with Crippen molar-refractivity contribution >= 4 is 23.5 Å². The molecule has 0 amide bonds. The number of nitrogens with zero attached hydrogens (tertiary/aromatic N) is 1. The van der Waals surface area contributed by atoms with Gasteiger partial charge in [-0.25, -0.2) is 9.78 Å². The zero-order chi connectivity index (χ0) is 19.3. The molecule has 1 heterocycles. The Morgan fingerprint density at radius 3 is 2.15 bits per heavy atom. The van der Waals surface area contributed by atoms with Crippen LogP contribution in [0.15, 0.2) is 42.6 Å². The number of ether oxygens (including phenoxy) is 3. The van der Waals surface area contributed by atoms with E-state index in [0.717, 1.165) is 0 Å². The minimum absolute atomic E-state index is 0.0760. The Bertz CT molecular complexity index is 766. The normalized spacial score (nSPS) is 12.2. The van der Waals surface area contributed by atoms with Gasteiger partial charge in [0.2, 0.25) is 6.29 Å². The van der Waals surface area contributed by atoms with E-state index in [1.807, 2.05) is 0 Å². The van der Waals surface area contributed by atoms with Crippen LogP contribution >= 0.6 is 11.6 Å². The molecule has 7 heteroatoms. The number of hydrogen-bond acceptors (Lipinski definition) is 6. The van der Waals surface area contributed by atoms with Crippen molar-refractivity contribution in [3.05, 3.63) is 53.3 Å². The highest BCUT2D eigenvalue weighted by molar-refractivity contribution is 6.30. The van der Waals surface area contributed by atoms with Crippen LogP contribution in [0.2, 0.25) is 5.02 Å². The van der Waals surface area contributed by atoms with Gasteiger partial charge in [0.1, 0.15) is 17.2 Å². The fourth-order valence-electron chi connectivity index (χ4n) is 1.76. The topological polar surface area (TPSA) is 74.7 Å². The molecule has 26 heavy (non-hydrogen) atoms. The molecule has 0 spiro atoms. The van der Waals surface area contributed by atoms with Crippen LogP contribution in [0.3, 0.4) is 0 Å². The summed E-state index contributed by atoms with van der Waals surface area (Å²) in [6.45, 7) is 6.61. The van der Waals surface area contributed by atoms with E-state index < -0.39 is 23.6 Å². The summed E-state index contributed by atoms with van der Waals surface area (Å²) in [5.74, 6) is -0.111. The maximum Gasteiger partial charge on any atom is 0.359 e. The smallest absolute Gasteiger partial charge is 0.359 e. The Morgan fingerprint density at radius 1 is 1.00 bits per heavy atom. The van der Waals surface area contributed by atoms with Crippen LogP contribution in [-0.4, -0.2) is 23.2 Å². The maximum atomic E-state index is 12.1. The second kappa shape index (κ2) is 8.19. The Morgan fingerprint density at radius 2 is 1.62 bits per heavy atom. The van der Waals surface area contributed by atoms with Gasteiger partial charge in [0.25, 0.3) is 0 Å². The van der Waals surface area contributed by atoms with Gasteiger partial charge in [-0.2, -0.15) is 0 Å². The molecule has 2 aromatic rings. The zero-order valence-corrected chi connectivity index (χ0v) is 15.7. The Hall–Kier alpha value is -2.60. The van der Waals surface area contributed by atoms with Gasteiger partial charge in [-0.1, -0.05) is 11.6 Å². The first kappa shape index (κ1) is 19.7. The van der Waals surface area contributed by atoms with E-state index in [9.17, 15) is 9.59 Å². The van der Waals surface area contributed by atoms with Crippen molar-refractivity contribution in [2.45, 2.75) is 34.0 Å². The van der Waals surface area contributed by atoms with Gasteiger partial charge in [-0.3, -0.25) is 4.79 Å². The predicted molar refractivity (Wildman–Crippen MR) is 96.2 cm³/mol. The maximum absolute atomic E-state index is 12.1. The number of benzene rings is 1. The fourth-order valence-corrected chi connectivity index (χ4v) is 1.89. The van der Waals surface area contributed by atoms with Crippen molar-refractivity contribution in [1.82, 2.24) is 4.98 Å². The van der Waals surface area contributed by atoms with E-state index >= 15 is 0 Å². The van der Waals surface area contributed by atoms with E-state index in [0.29, 0.717) is 16.5 Å². The van der Waals surface area contributed by atoms with Crippen LogP contribution in [0.25, 0.3) is 0 Å². The molecule has 1 atom stereocenters. The number of carbonyl (C=O) groups is 2. The molecule has 0 aliphatic rings. The number of halogens is 1. The molecule has 0 saturated heterocycles. The van der Waals surface area contributed by atoms with Gasteiger partial charge in [-0.05, 0) is 57.2 Å². The van der Waals surface area contributed by atoms with Gasteiger partial charge < -0.3 is 14.2 Å². The van der Waals surface area contributed by atoms with Gasteiger partial charge in [0.05, 0.1) is 11.6 Å². The number of pyridine rings is 1. The van der Waals surface area contributed by atoms with Crippen LogP contribution in [0, 0.1) is 5.41 Å². The molecule has 0 aliphatic heterocycles. The number of esters is 2. The van der Waals surface area contributed by atoms with Crippen molar-refractivity contribution in [2.75, 3.05) is 0 Å². The summed E-state index contributed by atoms with van der Waals surface area (Å²) in [5.41, 5.74) is -0.605. The number of rotatable bonds is 5. The lowest BCUT2D eigenvalue weighted by Crippen LogP contribution is -2.29. The first-order valence-electron chi connectivity index (χ1n) is 7.97. The molecule has 0 N–H and O–H groups in total. The van der Waals surface area contributed by atoms with E-state index in [1.54, 1.807) is 51.1 Å². The van der Waals surface area contributed by atoms with Gasteiger partial charge >= 0.3 is 11.9 Å². The molecule has 0 radical (unpaired) electrons. The van der Waals surface area contributed by atoms with E-state index in [2.05, 4.69) is 4.98 Å². The van der Waals surface area contributed by atoms with Crippen molar-refractivity contribution < 1.29 is 23.8 Å². The van der Waals surface area contributed by atoms with E-state index in [-0.39, 0.29) is 5.69 Å². The van der Waals surface area contributed by atoms with Gasteiger partial charge in [0.15, 0.2) is 0 Å². The summed E-state index contributed by atoms with van der Waals surface area (Å²) in [6.07, 6.45) is 0.387. The minimum Gasteiger partial charge on any atom is -0.456 e. The fraction of sp³-hybridized carbons (Fsp3) is 0.316. The molecular formula is C19H20ClNO5. The molecule has 0 aliphatic carbocycles. The largest absolute Gasteiger partial charge is 0.456 e. The monoisotopic (exact) mass is 377 g/mol. The Kier molecular flexibility index (Phi) is 6.21. The molecule has 138 valence electrons. The van der Waals surface area contributed by atoms with E-state index in [1.165, 1.54) is 19.2 Å². The first-order valence-corrected chi connectivity index (χ1v) is 8.34. The summed E-state index contributed by atoms with van der Waals surface area (Å²) >= 11 is 5.82. The average Bonchev–Trinajstić information content (AvgIpc) is 2.56. The molecule has 6 nitrogen and oxygen atoms in total. The molecule has 2 rings (SSSR count). The first-order chi connectivity index (χ1) is 12.1. The lowest BCUT2D eigenvalue weighted by molar-refractivity contribution is -0.174. The average molecular weight is 378 g/mol. The summed E-state index contributed by atoms with van der Waals surface area (Å²) in [5, 5.41) is 0.606. The van der Waals surface area contributed by atoms with Gasteiger partial charge in [0, 0.05) is 11.9 Å². The molecule has 0 saturated carbocycles. The Labute approximate surface area is 157 Å². The van der Waals surface area contributed by atoms with Crippen molar-refractivity contribution in [3.63, 3.8) is 0 Å². The highest BCUT2D eigenvalue weighted by atomic mass is 35.5. The molecule has 0 fully saturated rings. The summed E-state index contributed by atoms with van der Waals surface area (Å²) in [6, 6.07) is 9.90. The third-order valence-corrected chi connectivity index (χ3v) is 3.41. The van der Waals surface area contributed by atoms with Crippen molar-refractivity contribution in [2.24, 2.45) is 5.41 Å². The van der Waals surface area contributed by atoms with Crippen molar-refractivity contribution in [1.29, 1.82) is 0 Å². The van der Waals surface area contributed by atoms with Crippen LogP contribution in [0.5, 0.6) is 11.5 Å². The summed E-state index contributed by atoms with van der Waals surface area (Å²) < 4.78 is 15.7. The zero-order valence-electron chi connectivity index (χ0n) is 15.0. The Balaban J connectivity index is 1.93. The molecule has 1 aromatic carbocycles. The second-order valence-corrected chi connectivity index (χ2v) is 7.00. The standard InChI is InChI=1S/C19H20ClNO5/c1-12(25-18(23)19(2,3)4)24-17(22)16-10-9-15(11-21-16)26-14-7-5-13(20)6-8-14/h5-12H,1-4H3. The van der Waals surface area contributed by atoms with Crippen LogP contribution < -0.4 is 4.74 Å². The third-order valence-electron chi connectivity index (χ3n) is 3.15. The summed E-state index contributed by atoms with van der Waals surface area (Å²) in [7, 11) is 0. The minimum atomic E-state index is -1.01. The second-order valence-electron chi connectivity index (χ2n) is 6.56. The molecule has 0 bridgehead atoms. The number of hydrogen-bond donors (Lipinski definition) is 0. The lowest BCUT2D eigenvalue weighted by Gasteiger charge is -2.20. The SMILES string of the molecule is CC(OC(=O)c1ccc(Oc2ccc(Cl)cc2)cn1)OC(=O)C(C)(C)C. The van der Waals surface area contributed by atoms with Gasteiger partial charge in [-0.15, -0.1) is 0 Å². The molecule has 1 aromatic heterocycles. The van der Waals surface area contributed by atoms with Crippen LogP contribution in [-0.2, 0) is 14.3 Å².